The molecule has 42 heavy (non-hydrogen) atoms. The Bertz CT molecular complexity index is 1050. The Balaban J connectivity index is 0.00000535. The van der Waals surface area contributed by atoms with Crippen LogP contribution in [0.15, 0.2) is 71.4 Å². The summed E-state index contributed by atoms with van der Waals surface area (Å²) in [6, 6.07) is 0. The van der Waals surface area contributed by atoms with Gasteiger partial charge in [-0.25, -0.2) is 9.59 Å². The van der Waals surface area contributed by atoms with Gasteiger partial charge in [-0.15, -0.1) is 0 Å². The third-order valence-electron chi connectivity index (χ3n) is 6.68. The second kappa shape index (κ2) is 22.0. The Kier molecular flexibility index (Phi) is 20.0. The first kappa shape index (κ1) is 38.3. The monoisotopic (exact) mass is 586 g/mol. The zero-order chi connectivity index (χ0) is 32.1. The Morgan fingerprint density at radius 2 is 1.76 bits per heavy atom. The number of cyclic esters (lactones) is 1. The van der Waals surface area contributed by atoms with Gasteiger partial charge in [0.15, 0.2) is 0 Å². The highest BCUT2D eigenvalue weighted by molar-refractivity contribution is 5.85. The van der Waals surface area contributed by atoms with Crippen LogP contribution in [-0.4, -0.2) is 50.2 Å². The first-order chi connectivity index (χ1) is 19.9. The fraction of sp³-hybridized carbons (Fsp3) is 0.515. The molecule has 1 rings (SSSR count). The number of allylic oxidation sites excluding steroid dienone is 8. The summed E-state index contributed by atoms with van der Waals surface area (Å²) in [5.74, 6) is -0.539. The van der Waals surface area contributed by atoms with Gasteiger partial charge in [0.25, 0.3) is 0 Å². The average Bonchev–Trinajstić information content (AvgIpc) is 2.91. The molecule has 1 aliphatic rings. The number of unbranched alkanes of at least 4 members (excludes halogenated alkanes) is 1. The van der Waals surface area contributed by atoms with Gasteiger partial charge in [0, 0.05) is 31.4 Å². The van der Waals surface area contributed by atoms with E-state index in [1.807, 2.05) is 65.0 Å². The largest absolute Gasteiger partial charge is 0.455 e. The lowest BCUT2D eigenvalue weighted by Gasteiger charge is -2.29. The lowest BCUT2D eigenvalue weighted by Crippen LogP contribution is -2.35. The smallest absolute Gasteiger partial charge is 0.404 e. The molecule has 0 spiro atoms. The van der Waals surface area contributed by atoms with E-state index < -0.39 is 6.09 Å². The quantitative estimate of drug-likeness (QED) is 0.0778. The molecule has 5 unspecified atom stereocenters. The summed E-state index contributed by atoms with van der Waals surface area (Å²) >= 11 is 0. The highest BCUT2D eigenvalue weighted by Gasteiger charge is 2.30. The van der Waals surface area contributed by atoms with E-state index in [1.165, 1.54) is 6.08 Å². The van der Waals surface area contributed by atoms with E-state index >= 15 is 0 Å². The fourth-order valence-electron chi connectivity index (χ4n) is 4.67. The van der Waals surface area contributed by atoms with E-state index in [4.69, 9.17) is 24.7 Å². The second-order valence-electron chi connectivity index (χ2n) is 10.5. The first-order valence-corrected chi connectivity index (χ1v) is 14.2. The zero-order valence-corrected chi connectivity index (χ0v) is 26.2. The molecular weight excluding hydrogens is 536 g/mol. The summed E-state index contributed by atoms with van der Waals surface area (Å²) in [7, 11) is 1.64. The lowest BCUT2D eigenvalue weighted by molar-refractivity contribution is -0.141. The molecule has 1 aliphatic heterocycles. The highest BCUT2D eigenvalue weighted by Crippen LogP contribution is 2.26. The number of amides is 2. The summed E-state index contributed by atoms with van der Waals surface area (Å²) in [5.41, 5.74) is 12.4. The summed E-state index contributed by atoms with van der Waals surface area (Å²) in [4.78, 5) is 43.8. The number of esters is 1. The van der Waals surface area contributed by atoms with Crippen LogP contribution >= 0.6 is 0 Å². The number of nitrogens with two attached hydrogens (primary N) is 2. The number of carbonyl (C=O) groups excluding carboxylic acids is 4. The molecule has 0 saturated carbocycles. The van der Waals surface area contributed by atoms with E-state index in [0.29, 0.717) is 6.42 Å². The van der Waals surface area contributed by atoms with Crippen molar-refractivity contribution < 1.29 is 33.4 Å². The van der Waals surface area contributed by atoms with Gasteiger partial charge in [0.1, 0.15) is 18.5 Å². The molecular formula is C33H50N2O7. The molecule has 0 aromatic carbocycles. The van der Waals surface area contributed by atoms with Gasteiger partial charge in [-0.3, -0.25) is 9.59 Å². The minimum Gasteiger partial charge on any atom is -0.455 e. The highest BCUT2D eigenvalue weighted by atomic mass is 16.5. The Morgan fingerprint density at radius 3 is 2.36 bits per heavy atom. The molecule has 4 N–H and O–H groups in total. The van der Waals surface area contributed by atoms with Crippen molar-refractivity contribution in [2.24, 2.45) is 29.2 Å². The van der Waals surface area contributed by atoms with Crippen LogP contribution in [0.1, 0.15) is 67.2 Å². The van der Waals surface area contributed by atoms with Crippen LogP contribution in [0.2, 0.25) is 0 Å². The van der Waals surface area contributed by atoms with Crippen LogP contribution in [0.25, 0.3) is 0 Å². The molecule has 234 valence electrons. The SMILES string of the molecule is COC(C(C)C/C(C)=C/COC(N)=O)C(C)C(=O)C(C)/C=C(C)/C=C/CC/C=C(C)\C=C\C1CC=CC(=O)O1.NC=O. The molecule has 0 aromatic rings. The summed E-state index contributed by atoms with van der Waals surface area (Å²) < 4.78 is 15.7. The summed E-state index contributed by atoms with van der Waals surface area (Å²) in [5, 5.41) is 0. The van der Waals surface area contributed by atoms with E-state index in [2.05, 4.69) is 30.9 Å². The molecule has 0 fully saturated rings. The Morgan fingerprint density at radius 1 is 1.10 bits per heavy atom. The Hall–Kier alpha value is -3.72. The first-order valence-electron chi connectivity index (χ1n) is 14.2. The third-order valence-corrected chi connectivity index (χ3v) is 6.68. The van der Waals surface area contributed by atoms with E-state index in [0.717, 1.165) is 36.0 Å². The van der Waals surface area contributed by atoms with Gasteiger partial charge in [-0.05, 0) is 58.1 Å². The molecule has 1 heterocycles. The molecule has 0 radical (unpaired) electrons. The summed E-state index contributed by atoms with van der Waals surface area (Å²) in [6.07, 6.45) is 19.6. The van der Waals surface area contributed by atoms with Gasteiger partial charge in [0.2, 0.25) is 6.41 Å². The molecule has 0 aliphatic carbocycles. The van der Waals surface area contributed by atoms with Crippen molar-refractivity contribution in [2.75, 3.05) is 13.7 Å². The molecule has 0 bridgehead atoms. The number of ketones is 1. The van der Waals surface area contributed by atoms with Crippen molar-refractivity contribution in [1.29, 1.82) is 0 Å². The number of rotatable bonds is 16. The van der Waals surface area contributed by atoms with Gasteiger partial charge in [0.05, 0.1) is 6.10 Å². The van der Waals surface area contributed by atoms with Crippen molar-refractivity contribution >= 4 is 24.3 Å². The van der Waals surface area contributed by atoms with Crippen LogP contribution in [-0.2, 0) is 28.6 Å². The van der Waals surface area contributed by atoms with Crippen LogP contribution in [0.5, 0.6) is 0 Å². The fourth-order valence-corrected chi connectivity index (χ4v) is 4.67. The second-order valence-corrected chi connectivity index (χ2v) is 10.5. The van der Waals surface area contributed by atoms with Crippen LogP contribution in [0.4, 0.5) is 4.79 Å². The minimum absolute atomic E-state index is 0.108. The summed E-state index contributed by atoms with van der Waals surface area (Å²) in [6.45, 7) is 12.1. The number of ether oxygens (including phenoxy) is 3. The van der Waals surface area contributed by atoms with Gasteiger partial charge in [-0.2, -0.15) is 0 Å². The van der Waals surface area contributed by atoms with Crippen molar-refractivity contribution in [3.05, 3.63) is 71.4 Å². The third kappa shape index (κ3) is 17.2. The van der Waals surface area contributed by atoms with Crippen molar-refractivity contribution in [1.82, 2.24) is 0 Å². The molecule has 5 atom stereocenters. The van der Waals surface area contributed by atoms with E-state index in [9.17, 15) is 14.4 Å². The number of Topliss-reactive ketones (excluding diaryl/α,β-unsaturated/α-hetero) is 1. The maximum Gasteiger partial charge on any atom is 0.404 e. The minimum atomic E-state index is -0.799. The Labute approximate surface area is 251 Å². The molecule has 0 aromatic heterocycles. The molecule has 0 saturated heterocycles. The number of hydrogen-bond donors (Lipinski definition) is 2. The number of carbonyl (C=O) groups is 4. The van der Waals surface area contributed by atoms with Gasteiger partial charge >= 0.3 is 12.1 Å². The van der Waals surface area contributed by atoms with Crippen LogP contribution < -0.4 is 11.5 Å². The molecule has 2 amide bonds. The normalized spacial score (nSPS) is 19.0. The zero-order valence-electron chi connectivity index (χ0n) is 26.2. The number of primary amides is 2. The predicted molar refractivity (Wildman–Crippen MR) is 166 cm³/mol. The standard InChI is InChI=1S/C32H47NO6.CH3NO/c1-22(16-17-28-14-11-15-29(34)39-28)12-9-8-10-13-23(2)20-25(4)30(35)27(6)31(37-7)26(5)21-24(3)18-19-38-32(33)36;2-1-3/h10-13,15-18,20,25-28,31H,8-9,14,19,21H2,1-7H3,(H2,33,36);1H,(H2,2,3)/b13-10+,17-16+,22-12-,23-20+,24-18+;. The van der Waals surface area contributed by atoms with Crippen LogP contribution in [0, 0.1) is 17.8 Å². The van der Waals surface area contributed by atoms with Gasteiger partial charge in [-0.1, -0.05) is 73.9 Å². The van der Waals surface area contributed by atoms with Crippen LogP contribution in [0.3, 0.4) is 0 Å². The number of methoxy groups -OCH3 is 1. The van der Waals surface area contributed by atoms with Crippen molar-refractivity contribution in [3.63, 3.8) is 0 Å². The van der Waals surface area contributed by atoms with E-state index in [1.54, 1.807) is 7.11 Å². The van der Waals surface area contributed by atoms with Gasteiger partial charge < -0.3 is 25.7 Å². The topological polar surface area (TPSA) is 148 Å². The lowest BCUT2D eigenvalue weighted by atomic mass is 9.82. The van der Waals surface area contributed by atoms with E-state index in [-0.39, 0.29) is 54.7 Å². The maximum atomic E-state index is 13.2. The van der Waals surface area contributed by atoms with Crippen molar-refractivity contribution in [3.8, 4) is 0 Å². The predicted octanol–water partition coefficient (Wildman–Crippen LogP) is 5.67. The molecule has 9 nitrogen and oxygen atoms in total. The van der Waals surface area contributed by atoms with Crippen molar-refractivity contribution in [2.45, 2.75) is 79.4 Å². The average molecular weight is 587 g/mol. The number of hydrogen-bond acceptors (Lipinski definition) is 7. The molecule has 9 heteroatoms. The maximum absolute atomic E-state index is 13.2.